The second kappa shape index (κ2) is 7.06. The summed E-state index contributed by atoms with van der Waals surface area (Å²) in [6.45, 7) is 0.861. The summed E-state index contributed by atoms with van der Waals surface area (Å²) < 4.78 is 5.66. The van der Waals surface area contributed by atoms with Gasteiger partial charge in [0.05, 0.1) is 12.2 Å². The molecule has 0 saturated carbocycles. The fourth-order valence-electron chi connectivity index (χ4n) is 2.79. The molecule has 0 radical (unpaired) electrons. The molecule has 3 aromatic rings. The van der Waals surface area contributed by atoms with E-state index in [4.69, 9.17) is 16.3 Å². The van der Waals surface area contributed by atoms with E-state index < -0.39 is 0 Å². The van der Waals surface area contributed by atoms with Crippen molar-refractivity contribution in [2.24, 2.45) is 0 Å². The lowest BCUT2D eigenvalue weighted by molar-refractivity contribution is 0.249. The maximum Gasteiger partial charge on any atom is 0.327 e. The molecule has 1 aromatic heterocycles. The SMILES string of the molecule is O=C(Nc1ccccc1)N1CCOc2ccc(-c3ccc(Cl)cc3)nc21. The van der Waals surface area contributed by atoms with Gasteiger partial charge in [0, 0.05) is 16.3 Å². The molecule has 4 rings (SSSR count). The molecule has 2 amide bonds. The van der Waals surface area contributed by atoms with E-state index in [0.29, 0.717) is 29.7 Å². The first-order valence-electron chi connectivity index (χ1n) is 8.24. The minimum atomic E-state index is -0.235. The first-order chi connectivity index (χ1) is 12.7. The van der Waals surface area contributed by atoms with Crippen molar-refractivity contribution in [1.29, 1.82) is 0 Å². The van der Waals surface area contributed by atoms with Crippen molar-refractivity contribution in [3.05, 3.63) is 71.8 Å². The Kier molecular flexibility index (Phi) is 4.46. The topological polar surface area (TPSA) is 54.5 Å². The van der Waals surface area contributed by atoms with E-state index in [9.17, 15) is 4.79 Å². The maximum absolute atomic E-state index is 12.7. The third kappa shape index (κ3) is 3.34. The van der Waals surface area contributed by atoms with Gasteiger partial charge in [-0.2, -0.15) is 0 Å². The molecule has 1 aliphatic rings. The number of fused-ring (bicyclic) bond motifs is 1. The molecule has 6 heteroatoms. The van der Waals surface area contributed by atoms with Crippen LogP contribution in [-0.2, 0) is 0 Å². The minimum Gasteiger partial charge on any atom is -0.488 e. The number of ether oxygens (including phenoxy) is 1. The highest BCUT2D eigenvalue weighted by atomic mass is 35.5. The Morgan fingerprint density at radius 3 is 2.58 bits per heavy atom. The largest absolute Gasteiger partial charge is 0.488 e. The van der Waals surface area contributed by atoms with Gasteiger partial charge in [0.1, 0.15) is 6.61 Å². The van der Waals surface area contributed by atoms with Crippen molar-refractivity contribution in [1.82, 2.24) is 4.98 Å². The van der Waals surface area contributed by atoms with E-state index in [1.54, 1.807) is 4.90 Å². The molecule has 0 bridgehead atoms. The Morgan fingerprint density at radius 1 is 1.04 bits per heavy atom. The van der Waals surface area contributed by atoms with Crippen LogP contribution in [0.15, 0.2) is 66.7 Å². The van der Waals surface area contributed by atoms with Crippen LogP contribution in [0.1, 0.15) is 0 Å². The molecule has 5 nitrogen and oxygen atoms in total. The first kappa shape index (κ1) is 16.4. The summed E-state index contributed by atoms with van der Waals surface area (Å²) in [5.74, 6) is 1.11. The quantitative estimate of drug-likeness (QED) is 0.707. The molecule has 0 saturated heterocycles. The molecule has 0 atom stereocenters. The number of carbonyl (C=O) groups excluding carboxylic acids is 1. The lowest BCUT2D eigenvalue weighted by atomic mass is 10.1. The molecule has 0 fully saturated rings. The van der Waals surface area contributed by atoms with Gasteiger partial charge in [0.2, 0.25) is 0 Å². The number of rotatable bonds is 2. The fourth-order valence-corrected chi connectivity index (χ4v) is 2.91. The number of hydrogen-bond acceptors (Lipinski definition) is 3. The number of carbonyl (C=O) groups is 1. The Hall–Kier alpha value is -3.05. The van der Waals surface area contributed by atoms with Crippen molar-refractivity contribution < 1.29 is 9.53 Å². The number of para-hydroxylation sites is 1. The smallest absolute Gasteiger partial charge is 0.327 e. The van der Waals surface area contributed by atoms with E-state index >= 15 is 0 Å². The number of benzene rings is 2. The molecule has 1 N–H and O–H groups in total. The zero-order valence-electron chi connectivity index (χ0n) is 13.9. The minimum absolute atomic E-state index is 0.235. The van der Waals surface area contributed by atoms with Crippen LogP contribution in [0.25, 0.3) is 11.3 Å². The maximum atomic E-state index is 12.7. The molecule has 0 spiro atoms. The summed E-state index contributed by atoms with van der Waals surface area (Å²) in [6, 6.07) is 20.2. The van der Waals surface area contributed by atoms with E-state index in [1.165, 1.54) is 0 Å². The van der Waals surface area contributed by atoms with Gasteiger partial charge in [-0.15, -0.1) is 0 Å². The molecule has 26 heavy (non-hydrogen) atoms. The Bertz CT molecular complexity index is 930. The second-order valence-corrected chi connectivity index (χ2v) is 6.26. The Morgan fingerprint density at radius 2 is 1.81 bits per heavy atom. The van der Waals surface area contributed by atoms with Crippen LogP contribution < -0.4 is 15.0 Å². The van der Waals surface area contributed by atoms with Gasteiger partial charge < -0.3 is 10.1 Å². The summed E-state index contributed by atoms with van der Waals surface area (Å²) in [5.41, 5.74) is 2.41. The summed E-state index contributed by atoms with van der Waals surface area (Å²) in [4.78, 5) is 19.0. The van der Waals surface area contributed by atoms with Crippen LogP contribution in [0.3, 0.4) is 0 Å². The van der Waals surface area contributed by atoms with E-state index in [-0.39, 0.29) is 6.03 Å². The molecular formula is C20H16ClN3O2. The first-order valence-corrected chi connectivity index (χ1v) is 8.62. The second-order valence-electron chi connectivity index (χ2n) is 5.82. The average Bonchev–Trinajstić information content (AvgIpc) is 2.68. The van der Waals surface area contributed by atoms with Gasteiger partial charge in [0.25, 0.3) is 0 Å². The molecule has 1 aliphatic heterocycles. The zero-order chi connectivity index (χ0) is 17.9. The number of aromatic nitrogens is 1. The number of nitrogens with one attached hydrogen (secondary N) is 1. The van der Waals surface area contributed by atoms with Gasteiger partial charge in [0.15, 0.2) is 11.6 Å². The van der Waals surface area contributed by atoms with Crippen LogP contribution in [0, 0.1) is 0 Å². The normalized spacial score (nSPS) is 12.9. The third-order valence-electron chi connectivity index (χ3n) is 4.08. The van der Waals surface area contributed by atoms with Crippen molar-refractivity contribution in [2.45, 2.75) is 0 Å². The van der Waals surface area contributed by atoms with Crippen LogP contribution >= 0.6 is 11.6 Å². The number of amides is 2. The molecular weight excluding hydrogens is 350 g/mol. The van der Waals surface area contributed by atoms with Crippen molar-refractivity contribution >= 4 is 29.1 Å². The van der Waals surface area contributed by atoms with E-state index in [1.807, 2.05) is 66.7 Å². The summed E-state index contributed by atoms with van der Waals surface area (Å²) in [5, 5.41) is 3.56. The van der Waals surface area contributed by atoms with E-state index in [0.717, 1.165) is 16.9 Å². The number of anilines is 2. The molecule has 130 valence electrons. The van der Waals surface area contributed by atoms with Crippen molar-refractivity contribution in [2.75, 3.05) is 23.4 Å². The molecule has 2 aromatic carbocycles. The molecule has 0 unspecified atom stereocenters. The highest BCUT2D eigenvalue weighted by Crippen LogP contribution is 2.33. The Labute approximate surface area is 156 Å². The van der Waals surface area contributed by atoms with E-state index in [2.05, 4.69) is 10.3 Å². The molecule has 0 aliphatic carbocycles. The number of hydrogen-bond donors (Lipinski definition) is 1. The van der Waals surface area contributed by atoms with Gasteiger partial charge in [-0.1, -0.05) is 41.9 Å². The lowest BCUT2D eigenvalue weighted by Crippen LogP contribution is -2.41. The predicted octanol–water partition coefficient (Wildman–Crippen LogP) is 4.83. The zero-order valence-corrected chi connectivity index (χ0v) is 14.6. The number of halogens is 1. The van der Waals surface area contributed by atoms with Crippen LogP contribution in [-0.4, -0.2) is 24.2 Å². The number of urea groups is 1. The van der Waals surface area contributed by atoms with Crippen molar-refractivity contribution in [3.8, 4) is 17.0 Å². The highest BCUT2D eigenvalue weighted by molar-refractivity contribution is 6.30. The van der Waals surface area contributed by atoms with Gasteiger partial charge >= 0.3 is 6.03 Å². The Balaban J connectivity index is 1.65. The van der Waals surface area contributed by atoms with Crippen LogP contribution in [0.2, 0.25) is 5.02 Å². The third-order valence-corrected chi connectivity index (χ3v) is 4.33. The van der Waals surface area contributed by atoms with Gasteiger partial charge in [-0.3, -0.25) is 4.90 Å². The van der Waals surface area contributed by atoms with Crippen molar-refractivity contribution in [3.63, 3.8) is 0 Å². The monoisotopic (exact) mass is 365 g/mol. The lowest BCUT2D eigenvalue weighted by Gasteiger charge is -2.28. The summed E-state index contributed by atoms with van der Waals surface area (Å²) in [7, 11) is 0. The molecule has 2 heterocycles. The number of pyridine rings is 1. The summed E-state index contributed by atoms with van der Waals surface area (Å²) in [6.07, 6.45) is 0. The predicted molar refractivity (Wildman–Crippen MR) is 103 cm³/mol. The van der Waals surface area contributed by atoms with Crippen LogP contribution in [0.4, 0.5) is 16.3 Å². The average molecular weight is 366 g/mol. The fraction of sp³-hybridized carbons (Fsp3) is 0.100. The van der Waals surface area contributed by atoms with Gasteiger partial charge in [-0.25, -0.2) is 9.78 Å². The summed E-state index contributed by atoms with van der Waals surface area (Å²) >= 11 is 5.95. The van der Waals surface area contributed by atoms with Crippen LogP contribution in [0.5, 0.6) is 5.75 Å². The van der Waals surface area contributed by atoms with Gasteiger partial charge in [-0.05, 0) is 36.4 Å². The standard InChI is InChI=1S/C20H16ClN3O2/c21-15-8-6-14(7-9-15)17-10-11-18-19(23-17)24(12-13-26-18)20(25)22-16-4-2-1-3-5-16/h1-11H,12-13H2,(H,22,25). The highest BCUT2D eigenvalue weighted by Gasteiger charge is 2.26. The number of nitrogens with zero attached hydrogens (tertiary/aromatic N) is 2.